The third-order valence-corrected chi connectivity index (χ3v) is 3.64. The van der Waals surface area contributed by atoms with E-state index in [0.717, 1.165) is 36.5 Å². The first kappa shape index (κ1) is 14.9. The number of rotatable bonds is 7. The van der Waals surface area contributed by atoms with E-state index in [4.69, 9.17) is 9.15 Å². The van der Waals surface area contributed by atoms with Gasteiger partial charge in [0.25, 0.3) is 0 Å². The SMILES string of the molecule is CCCN(CCC)Cc1coc2cc(C)c(OC)cc12. The molecule has 0 aliphatic rings. The number of hydrogen-bond acceptors (Lipinski definition) is 3. The highest BCUT2D eigenvalue weighted by Crippen LogP contribution is 2.29. The number of furan rings is 1. The largest absolute Gasteiger partial charge is 0.496 e. The van der Waals surface area contributed by atoms with Gasteiger partial charge in [-0.3, -0.25) is 4.90 Å². The van der Waals surface area contributed by atoms with Gasteiger partial charge >= 0.3 is 0 Å². The summed E-state index contributed by atoms with van der Waals surface area (Å²) in [5.74, 6) is 0.928. The monoisotopic (exact) mass is 275 g/mol. The van der Waals surface area contributed by atoms with E-state index in [-0.39, 0.29) is 0 Å². The van der Waals surface area contributed by atoms with Gasteiger partial charge in [0, 0.05) is 17.5 Å². The second-order valence-electron chi connectivity index (χ2n) is 5.36. The van der Waals surface area contributed by atoms with Crippen molar-refractivity contribution in [2.24, 2.45) is 0 Å². The van der Waals surface area contributed by atoms with E-state index in [9.17, 15) is 0 Å². The molecule has 0 radical (unpaired) electrons. The van der Waals surface area contributed by atoms with Crippen LogP contribution < -0.4 is 4.74 Å². The minimum Gasteiger partial charge on any atom is -0.496 e. The average Bonchev–Trinajstić information content (AvgIpc) is 2.80. The molecule has 0 aliphatic heterocycles. The summed E-state index contributed by atoms with van der Waals surface area (Å²) in [5, 5.41) is 1.17. The summed E-state index contributed by atoms with van der Waals surface area (Å²) in [6, 6.07) is 4.15. The third kappa shape index (κ3) is 3.15. The van der Waals surface area contributed by atoms with E-state index < -0.39 is 0 Å². The zero-order chi connectivity index (χ0) is 14.5. The highest BCUT2D eigenvalue weighted by atomic mass is 16.5. The van der Waals surface area contributed by atoms with Crippen molar-refractivity contribution in [1.29, 1.82) is 0 Å². The topological polar surface area (TPSA) is 25.6 Å². The molecule has 20 heavy (non-hydrogen) atoms. The van der Waals surface area contributed by atoms with Crippen LogP contribution in [-0.2, 0) is 6.54 Å². The Hall–Kier alpha value is -1.48. The van der Waals surface area contributed by atoms with E-state index in [1.54, 1.807) is 7.11 Å². The molecule has 2 rings (SSSR count). The van der Waals surface area contributed by atoms with Crippen LogP contribution in [0.15, 0.2) is 22.8 Å². The molecule has 0 amide bonds. The molecular weight excluding hydrogens is 250 g/mol. The molecule has 0 bridgehead atoms. The fraction of sp³-hybridized carbons (Fsp3) is 0.529. The maximum Gasteiger partial charge on any atom is 0.134 e. The Balaban J connectivity index is 2.29. The number of fused-ring (bicyclic) bond motifs is 1. The van der Waals surface area contributed by atoms with E-state index in [0.29, 0.717) is 0 Å². The Kier molecular flexibility index (Phi) is 5.07. The van der Waals surface area contributed by atoms with Crippen molar-refractivity contribution < 1.29 is 9.15 Å². The lowest BCUT2D eigenvalue weighted by Crippen LogP contribution is -2.24. The fourth-order valence-electron chi connectivity index (χ4n) is 2.69. The van der Waals surface area contributed by atoms with Gasteiger partial charge in [0.2, 0.25) is 0 Å². The molecule has 0 aliphatic carbocycles. The lowest BCUT2D eigenvalue weighted by Gasteiger charge is -2.20. The summed E-state index contributed by atoms with van der Waals surface area (Å²) in [4.78, 5) is 2.48. The quantitative estimate of drug-likeness (QED) is 0.750. The Morgan fingerprint density at radius 1 is 1.15 bits per heavy atom. The molecule has 0 spiro atoms. The molecule has 1 aromatic heterocycles. The summed E-state index contributed by atoms with van der Waals surface area (Å²) in [6.45, 7) is 9.69. The van der Waals surface area contributed by atoms with Crippen molar-refractivity contribution in [2.75, 3.05) is 20.2 Å². The predicted octanol–water partition coefficient (Wildman–Crippen LogP) is 4.37. The molecule has 0 N–H and O–H groups in total. The van der Waals surface area contributed by atoms with Crippen LogP contribution >= 0.6 is 0 Å². The number of benzene rings is 1. The smallest absolute Gasteiger partial charge is 0.134 e. The standard InChI is InChI=1S/C17H25NO2/c1-5-7-18(8-6-2)11-14-12-20-17-9-13(3)16(19-4)10-15(14)17/h9-10,12H,5-8,11H2,1-4H3. The molecule has 1 aromatic carbocycles. The fourth-order valence-corrected chi connectivity index (χ4v) is 2.69. The van der Waals surface area contributed by atoms with Gasteiger partial charge in [-0.15, -0.1) is 0 Å². The molecule has 1 heterocycles. The van der Waals surface area contributed by atoms with Gasteiger partial charge in [-0.25, -0.2) is 0 Å². The molecule has 2 aromatic rings. The minimum absolute atomic E-state index is 0.928. The van der Waals surface area contributed by atoms with E-state index in [2.05, 4.69) is 30.9 Å². The summed E-state index contributed by atoms with van der Waals surface area (Å²) in [5.41, 5.74) is 3.31. The summed E-state index contributed by atoms with van der Waals surface area (Å²) >= 11 is 0. The first-order chi connectivity index (χ1) is 9.69. The molecule has 0 atom stereocenters. The molecule has 3 heteroatoms. The normalized spacial score (nSPS) is 11.4. The van der Waals surface area contributed by atoms with Crippen molar-refractivity contribution in [3.05, 3.63) is 29.5 Å². The zero-order valence-corrected chi connectivity index (χ0v) is 13.0. The van der Waals surface area contributed by atoms with Gasteiger partial charge in [-0.2, -0.15) is 0 Å². The third-order valence-electron chi connectivity index (χ3n) is 3.64. The molecule has 0 saturated heterocycles. The molecule has 0 saturated carbocycles. The minimum atomic E-state index is 0.928. The van der Waals surface area contributed by atoms with Crippen LogP contribution in [0.1, 0.15) is 37.8 Å². The highest BCUT2D eigenvalue weighted by molar-refractivity contribution is 5.83. The first-order valence-electron chi connectivity index (χ1n) is 7.46. The van der Waals surface area contributed by atoms with Crippen LogP contribution in [-0.4, -0.2) is 25.1 Å². The number of nitrogens with zero attached hydrogens (tertiary/aromatic N) is 1. The van der Waals surface area contributed by atoms with Crippen LogP contribution in [0.4, 0.5) is 0 Å². The zero-order valence-electron chi connectivity index (χ0n) is 13.0. The molecule has 110 valence electrons. The van der Waals surface area contributed by atoms with Gasteiger partial charge in [0.05, 0.1) is 13.4 Å². The maximum absolute atomic E-state index is 5.70. The van der Waals surface area contributed by atoms with Crippen LogP contribution in [0.2, 0.25) is 0 Å². The van der Waals surface area contributed by atoms with Crippen molar-refractivity contribution in [3.63, 3.8) is 0 Å². The molecule has 0 fully saturated rings. The lowest BCUT2D eigenvalue weighted by atomic mass is 10.1. The van der Waals surface area contributed by atoms with Gasteiger partial charge in [0.15, 0.2) is 0 Å². The number of methoxy groups -OCH3 is 1. The summed E-state index contributed by atoms with van der Waals surface area (Å²) in [7, 11) is 1.72. The van der Waals surface area contributed by atoms with Crippen LogP contribution in [0.5, 0.6) is 5.75 Å². The number of ether oxygens (including phenoxy) is 1. The van der Waals surface area contributed by atoms with Crippen molar-refractivity contribution >= 4 is 11.0 Å². The first-order valence-corrected chi connectivity index (χ1v) is 7.46. The Morgan fingerprint density at radius 3 is 2.45 bits per heavy atom. The van der Waals surface area contributed by atoms with Crippen molar-refractivity contribution in [1.82, 2.24) is 4.90 Å². The van der Waals surface area contributed by atoms with Crippen molar-refractivity contribution in [2.45, 2.75) is 40.2 Å². The summed E-state index contributed by atoms with van der Waals surface area (Å²) in [6.07, 6.45) is 4.25. The molecular formula is C17H25NO2. The van der Waals surface area contributed by atoms with Gasteiger partial charge in [0.1, 0.15) is 11.3 Å². The van der Waals surface area contributed by atoms with Crippen LogP contribution in [0.3, 0.4) is 0 Å². The molecule has 0 unspecified atom stereocenters. The highest BCUT2D eigenvalue weighted by Gasteiger charge is 2.12. The van der Waals surface area contributed by atoms with Crippen LogP contribution in [0.25, 0.3) is 11.0 Å². The number of aryl methyl sites for hydroxylation is 1. The Bertz CT molecular complexity index is 553. The van der Waals surface area contributed by atoms with E-state index in [1.807, 2.05) is 13.2 Å². The maximum atomic E-state index is 5.70. The van der Waals surface area contributed by atoms with Gasteiger partial charge in [-0.05, 0) is 50.6 Å². The second kappa shape index (κ2) is 6.80. The van der Waals surface area contributed by atoms with Crippen molar-refractivity contribution in [3.8, 4) is 5.75 Å². The van der Waals surface area contributed by atoms with Crippen LogP contribution in [0, 0.1) is 6.92 Å². The lowest BCUT2D eigenvalue weighted by molar-refractivity contribution is 0.266. The van der Waals surface area contributed by atoms with Gasteiger partial charge < -0.3 is 9.15 Å². The number of hydrogen-bond donors (Lipinski definition) is 0. The average molecular weight is 275 g/mol. The van der Waals surface area contributed by atoms with E-state index in [1.165, 1.54) is 23.8 Å². The van der Waals surface area contributed by atoms with Gasteiger partial charge in [-0.1, -0.05) is 13.8 Å². The summed E-state index contributed by atoms with van der Waals surface area (Å²) < 4.78 is 11.1. The predicted molar refractivity (Wildman–Crippen MR) is 83.4 cm³/mol. The van der Waals surface area contributed by atoms with E-state index >= 15 is 0 Å². The molecule has 3 nitrogen and oxygen atoms in total. The second-order valence-corrected chi connectivity index (χ2v) is 5.36. The Morgan fingerprint density at radius 2 is 1.85 bits per heavy atom. The Labute approximate surface area is 121 Å².